The number of carbonyl (C=O) groups is 2. The van der Waals surface area contributed by atoms with Crippen molar-refractivity contribution < 1.29 is 9.59 Å². The van der Waals surface area contributed by atoms with Crippen molar-refractivity contribution in [3.05, 3.63) is 48.1 Å². The molecule has 8 heteroatoms. The third-order valence-corrected chi connectivity index (χ3v) is 4.52. The smallest absolute Gasteiger partial charge is 0.318 e. The van der Waals surface area contributed by atoms with Gasteiger partial charge in [0.1, 0.15) is 0 Å². The molecule has 3 amide bonds. The molecule has 3 N–H and O–H groups in total. The monoisotopic (exact) mass is 364 g/mol. The first-order valence-corrected chi connectivity index (χ1v) is 8.37. The zero-order valence-corrected chi connectivity index (χ0v) is 14.6. The number of thioether (sulfide) groups is 1. The first kappa shape index (κ1) is 18.1. The van der Waals surface area contributed by atoms with Crippen LogP contribution in [-0.2, 0) is 11.3 Å². The second kappa shape index (κ2) is 8.03. The number of allylic oxidation sites excluding steroid dienone is 1. The molecule has 1 aromatic carbocycles. The first-order chi connectivity index (χ1) is 11.4. The Morgan fingerprint density at radius 3 is 2.71 bits per heavy atom. The average molecular weight is 365 g/mol. The molecule has 0 fully saturated rings. The van der Waals surface area contributed by atoms with E-state index >= 15 is 0 Å². The number of benzene rings is 1. The lowest BCUT2D eigenvalue weighted by atomic mass is 10.2. The second-order valence-corrected chi connectivity index (χ2v) is 6.69. The molecule has 2 rings (SSSR count). The normalized spacial score (nSPS) is 11.8. The molecule has 0 unspecified atom stereocenters. The van der Waals surface area contributed by atoms with E-state index in [1.54, 1.807) is 31.3 Å². The van der Waals surface area contributed by atoms with Crippen LogP contribution in [0.2, 0.25) is 5.02 Å². The third-order valence-electron chi connectivity index (χ3n) is 3.17. The van der Waals surface area contributed by atoms with Gasteiger partial charge in [-0.1, -0.05) is 41.6 Å². The van der Waals surface area contributed by atoms with Gasteiger partial charge in [-0.3, -0.25) is 10.1 Å². The molecule has 1 atom stereocenters. The summed E-state index contributed by atoms with van der Waals surface area (Å²) in [5.74, 6) is -0.464. The highest BCUT2D eigenvalue weighted by molar-refractivity contribution is 8.00. The van der Waals surface area contributed by atoms with Gasteiger partial charge in [-0.25, -0.2) is 9.78 Å². The number of rotatable bonds is 6. The Hall–Kier alpha value is -2.25. The molecule has 0 aliphatic heterocycles. The zero-order valence-electron chi connectivity index (χ0n) is 13.0. The van der Waals surface area contributed by atoms with Crippen LogP contribution in [0.3, 0.4) is 0 Å². The van der Waals surface area contributed by atoms with Gasteiger partial charge in [0.15, 0.2) is 5.16 Å². The molecule has 2 aromatic rings. The summed E-state index contributed by atoms with van der Waals surface area (Å²) in [7, 11) is 0. The number of nitrogens with one attached hydrogen (secondary N) is 1. The van der Waals surface area contributed by atoms with E-state index in [0.717, 1.165) is 11.3 Å². The standard InChI is InChI=1S/C16H17ClN4O2S/c1-3-8-21-13(11-4-6-12(17)7-5-11)9-19-16(21)24-10(2)14(22)20-15(18)23/h3-7,9-10H,1,8H2,2H3,(H3,18,20,22,23)/t10-/m0/s1. The van der Waals surface area contributed by atoms with Gasteiger partial charge in [-0.15, -0.1) is 6.58 Å². The topological polar surface area (TPSA) is 90.0 Å². The quantitative estimate of drug-likeness (QED) is 0.608. The zero-order chi connectivity index (χ0) is 17.7. The number of hydrogen-bond acceptors (Lipinski definition) is 4. The number of imide groups is 1. The Labute approximate surface area is 149 Å². The Morgan fingerprint density at radius 2 is 2.12 bits per heavy atom. The van der Waals surface area contributed by atoms with Gasteiger partial charge in [-0.05, 0) is 24.6 Å². The number of nitrogens with two attached hydrogens (primary N) is 1. The van der Waals surface area contributed by atoms with Gasteiger partial charge in [0.25, 0.3) is 0 Å². The fourth-order valence-corrected chi connectivity index (χ4v) is 3.07. The van der Waals surface area contributed by atoms with E-state index in [9.17, 15) is 9.59 Å². The number of nitrogens with zero attached hydrogens (tertiary/aromatic N) is 2. The summed E-state index contributed by atoms with van der Waals surface area (Å²) in [5, 5.41) is 2.84. The maximum atomic E-state index is 11.8. The number of halogens is 1. The number of aromatic nitrogens is 2. The molecule has 0 aliphatic carbocycles. The molecule has 0 aliphatic rings. The summed E-state index contributed by atoms with van der Waals surface area (Å²) in [4.78, 5) is 27.0. The van der Waals surface area contributed by atoms with E-state index in [-0.39, 0.29) is 0 Å². The minimum absolute atomic E-state index is 0.464. The highest BCUT2D eigenvalue weighted by atomic mass is 35.5. The number of imidazole rings is 1. The SMILES string of the molecule is C=CCn1c(-c2ccc(Cl)cc2)cnc1S[C@@H](C)C(=O)NC(N)=O. The third kappa shape index (κ3) is 4.39. The van der Waals surface area contributed by atoms with Crippen LogP contribution < -0.4 is 11.1 Å². The molecule has 0 saturated heterocycles. The largest absolute Gasteiger partial charge is 0.351 e. The maximum Gasteiger partial charge on any atom is 0.318 e. The molecule has 0 spiro atoms. The fourth-order valence-electron chi connectivity index (χ4n) is 2.04. The summed E-state index contributed by atoms with van der Waals surface area (Å²) in [6.07, 6.45) is 3.48. The molecule has 0 saturated carbocycles. The molecule has 6 nitrogen and oxygen atoms in total. The van der Waals surface area contributed by atoms with E-state index < -0.39 is 17.2 Å². The van der Waals surface area contributed by atoms with Crippen LogP contribution in [0.5, 0.6) is 0 Å². The lowest BCUT2D eigenvalue weighted by molar-refractivity contribution is -0.119. The van der Waals surface area contributed by atoms with E-state index in [0.29, 0.717) is 16.7 Å². The summed E-state index contributed by atoms with van der Waals surface area (Å²) >= 11 is 7.16. The molecular weight excluding hydrogens is 348 g/mol. The van der Waals surface area contributed by atoms with Crippen LogP contribution in [0, 0.1) is 0 Å². The van der Waals surface area contributed by atoms with Crippen LogP contribution in [0.25, 0.3) is 11.3 Å². The van der Waals surface area contributed by atoms with E-state index in [1.807, 2.05) is 16.7 Å². The number of primary amides is 1. The van der Waals surface area contributed by atoms with Crippen molar-refractivity contribution in [2.24, 2.45) is 5.73 Å². The van der Waals surface area contributed by atoms with Crippen molar-refractivity contribution in [1.29, 1.82) is 0 Å². The van der Waals surface area contributed by atoms with Gasteiger partial charge < -0.3 is 10.3 Å². The number of amides is 3. The minimum Gasteiger partial charge on any atom is -0.351 e. The predicted molar refractivity (Wildman–Crippen MR) is 95.9 cm³/mol. The maximum absolute atomic E-state index is 11.8. The predicted octanol–water partition coefficient (Wildman–Crippen LogP) is 3.07. The van der Waals surface area contributed by atoms with Crippen molar-refractivity contribution in [2.45, 2.75) is 23.9 Å². The number of urea groups is 1. The highest BCUT2D eigenvalue weighted by Crippen LogP contribution is 2.29. The molecular formula is C16H17ClN4O2S. The highest BCUT2D eigenvalue weighted by Gasteiger charge is 2.20. The Morgan fingerprint density at radius 1 is 1.46 bits per heavy atom. The summed E-state index contributed by atoms with van der Waals surface area (Å²) in [6, 6.07) is 6.53. The lowest BCUT2D eigenvalue weighted by Gasteiger charge is -2.13. The van der Waals surface area contributed by atoms with Gasteiger partial charge in [0.05, 0.1) is 17.1 Å². The summed E-state index contributed by atoms with van der Waals surface area (Å²) in [5.41, 5.74) is 6.81. The number of hydrogen-bond donors (Lipinski definition) is 2. The molecule has 1 aromatic heterocycles. The van der Waals surface area contributed by atoms with E-state index in [2.05, 4.69) is 16.9 Å². The minimum atomic E-state index is -0.872. The van der Waals surface area contributed by atoms with Crippen LogP contribution in [0.1, 0.15) is 6.92 Å². The second-order valence-electron chi connectivity index (χ2n) is 4.95. The van der Waals surface area contributed by atoms with Gasteiger partial charge in [-0.2, -0.15) is 0 Å². The first-order valence-electron chi connectivity index (χ1n) is 7.11. The van der Waals surface area contributed by atoms with Crippen molar-refractivity contribution in [2.75, 3.05) is 0 Å². The Bertz CT molecular complexity index is 758. The molecule has 1 heterocycles. The van der Waals surface area contributed by atoms with E-state index in [1.165, 1.54) is 11.8 Å². The van der Waals surface area contributed by atoms with Crippen molar-refractivity contribution >= 4 is 35.3 Å². The Balaban J connectivity index is 2.27. The van der Waals surface area contributed by atoms with Gasteiger partial charge in [0.2, 0.25) is 5.91 Å². The average Bonchev–Trinajstić information content (AvgIpc) is 2.90. The van der Waals surface area contributed by atoms with Gasteiger partial charge in [0, 0.05) is 11.6 Å². The van der Waals surface area contributed by atoms with Gasteiger partial charge >= 0.3 is 6.03 Å². The van der Waals surface area contributed by atoms with Crippen molar-refractivity contribution in [3.8, 4) is 11.3 Å². The van der Waals surface area contributed by atoms with Crippen molar-refractivity contribution in [1.82, 2.24) is 14.9 Å². The van der Waals surface area contributed by atoms with Crippen LogP contribution in [-0.4, -0.2) is 26.7 Å². The van der Waals surface area contributed by atoms with E-state index in [4.69, 9.17) is 17.3 Å². The Kier molecular flexibility index (Phi) is 6.05. The molecule has 0 radical (unpaired) electrons. The number of carbonyl (C=O) groups excluding carboxylic acids is 2. The molecule has 126 valence electrons. The molecule has 24 heavy (non-hydrogen) atoms. The summed E-state index contributed by atoms with van der Waals surface area (Å²) in [6.45, 7) is 5.97. The van der Waals surface area contributed by atoms with Crippen LogP contribution in [0.4, 0.5) is 4.79 Å². The fraction of sp³-hybridized carbons (Fsp3) is 0.188. The van der Waals surface area contributed by atoms with Crippen LogP contribution >= 0.6 is 23.4 Å². The lowest BCUT2D eigenvalue weighted by Crippen LogP contribution is -2.39. The summed E-state index contributed by atoms with van der Waals surface area (Å²) < 4.78 is 1.94. The molecule has 0 bridgehead atoms. The van der Waals surface area contributed by atoms with Crippen molar-refractivity contribution in [3.63, 3.8) is 0 Å². The van der Waals surface area contributed by atoms with Crippen LogP contribution in [0.15, 0.2) is 48.3 Å².